The van der Waals surface area contributed by atoms with Crippen molar-refractivity contribution in [3.63, 3.8) is 0 Å². The lowest BCUT2D eigenvalue weighted by Crippen LogP contribution is -2.38. The molecule has 3 aromatic heterocycles. The number of amides is 2. The maximum Gasteiger partial charge on any atom is 0.274 e. The van der Waals surface area contributed by atoms with E-state index in [9.17, 15) is 9.59 Å². The summed E-state index contributed by atoms with van der Waals surface area (Å²) in [6, 6.07) is 14.7. The first-order chi connectivity index (χ1) is 14.1. The van der Waals surface area contributed by atoms with Crippen LogP contribution < -0.4 is 10.6 Å². The van der Waals surface area contributed by atoms with Crippen molar-refractivity contribution in [2.45, 2.75) is 6.04 Å². The number of anilines is 1. The number of aromatic nitrogens is 3. The third-order valence-corrected chi connectivity index (χ3v) is 5.07. The van der Waals surface area contributed by atoms with E-state index >= 15 is 0 Å². The van der Waals surface area contributed by atoms with E-state index in [1.165, 1.54) is 0 Å². The van der Waals surface area contributed by atoms with Crippen LogP contribution in [0.4, 0.5) is 5.69 Å². The van der Waals surface area contributed by atoms with Gasteiger partial charge in [0.25, 0.3) is 11.8 Å². The lowest BCUT2D eigenvalue weighted by molar-refractivity contribution is 0.0922. The van der Waals surface area contributed by atoms with Crippen LogP contribution >= 0.6 is 0 Å². The van der Waals surface area contributed by atoms with Gasteiger partial charge in [0.05, 0.1) is 23.4 Å². The van der Waals surface area contributed by atoms with E-state index in [-0.39, 0.29) is 23.6 Å². The highest BCUT2D eigenvalue weighted by Gasteiger charge is 2.26. The Bertz CT molecular complexity index is 1310. The Morgan fingerprint density at radius 2 is 2.07 bits per heavy atom. The number of nitrogens with zero attached hydrogens (tertiary/aromatic N) is 3. The maximum atomic E-state index is 12.8. The minimum absolute atomic E-state index is 0.115. The highest BCUT2D eigenvalue weighted by Crippen LogP contribution is 2.26. The molecule has 0 bridgehead atoms. The Morgan fingerprint density at radius 3 is 2.93 bits per heavy atom. The van der Waals surface area contributed by atoms with Crippen molar-refractivity contribution in [2.24, 2.45) is 0 Å². The molecule has 0 radical (unpaired) electrons. The fourth-order valence-electron chi connectivity index (χ4n) is 3.64. The van der Waals surface area contributed by atoms with E-state index in [2.05, 4.69) is 27.2 Å². The number of rotatable bonds is 3. The molecule has 1 aliphatic rings. The van der Waals surface area contributed by atoms with Gasteiger partial charge in [-0.05, 0) is 30.3 Å². The van der Waals surface area contributed by atoms with E-state index in [1.807, 2.05) is 34.9 Å². The van der Waals surface area contributed by atoms with Gasteiger partial charge in [-0.25, -0.2) is 4.98 Å². The molecule has 29 heavy (non-hydrogen) atoms. The van der Waals surface area contributed by atoms with Crippen LogP contribution in [0.3, 0.4) is 0 Å². The number of pyridine rings is 2. The lowest BCUT2D eigenvalue weighted by Gasteiger charge is -2.24. The van der Waals surface area contributed by atoms with Crippen LogP contribution in [0.1, 0.15) is 27.0 Å². The molecular formula is C22H17N5O2. The summed E-state index contributed by atoms with van der Waals surface area (Å²) in [6.07, 6.45) is 3.38. The summed E-state index contributed by atoms with van der Waals surface area (Å²) in [5.74, 6) is -0.496. The van der Waals surface area contributed by atoms with Crippen LogP contribution in [0.2, 0.25) is 0 Å². The lowest BCUT2D eigenvalue weighted by atomic mass is 10.2. The summed E-state index contributed by atoms with van der Waals surface area (Å²) in [5, 5.41) is 7.43. The van der Waals surface area contributed by atoms with Crippen LogP contribution in [0.5, 0.6) is 0 Å². The molecule has 7 heteroatoms. The van der Waals surface area contributed by atoms with Crippen LogP contribution in [0.25, 0.3) is 21.9 Å². The molecule has 0 saturated carbocycles. The van der Waals surface area contributed by atoms with Crippen molar-refractivity contribution in [1.29, 1.82) is 0 Å². The molecule has 2 N–H and O–H groups in total. The van der Waals surface area contributed by atoms with Crippen molar-refractivity contribution in [3.05, 3.63) is 78.8 Å². The molecule has 0 aliphatic carbocycles. The number of hydrogen-bond acceptors (Lipinski definition) is 4. The third kappa shape index (κ3) is 2.84. The predicted octanol–water partition coefficient (Wildman–Crippen LogP) is 3.31. The monoisotopic (exact) mass is 383 g/mol. The molecule has 142 valence electrons. The van der Waals surface area contributed by atoms with Gasteiger partial charge in [-0.1, -0.05) is 24.3 Å². The summed E-state index contributed by atoms with van der Waals surface area (Å²) in [6.45, 7) is 4.29. The van der Waals surface area contributed by atoms with Crippen LogP contribution in [-0.2, 0) is 0 Å². The van der Waals surface area contributed by atoms with Gasteiger partial charge < -0.3 is 15.2 Å². The van der Waals surface area contributed by atoms with Gasteiger partial charge >= 0.3 is 0 Å². The summed E-state index contributed by atoms with van der Waals surface area (Å²) < 4.78 is 1.83. The molecule has 1 atom stereocenters. The number of benzene rings is 1. The Labute approximate surface area is 166 Å². The minimum atomic E-state index is -0.338. The third-order valence-electron chi connectivity index (χ3n) is 5.07. The first-order valence-electron chi connectivity index (χ1n) is 9.23. The molecule has 0 saturated heterocycles. The van der Waals surface area contributed by atoms with Crippen LogP contribution in [0.15, 0.2) is 67.4 Å². The standard InChI is InChI=1S/C22H17N5O2/c1-2-16-12-24-22(29)19-10-14-7-8-18(26-20(14)27(16)19)21(28)25-15-9-13-5-3-4-6-17(13)23-11-15/h2-11,16H,1,12H2,(H,24,29)(H,25,28). The smallest absolute Gasteiger partial charge is 0.274 e. The Balaban J connectivity index is 1.51. The molecule has 5 rings (SSSR count). The first kappa shape index (κ1) is 17.1. The summed E-state index contributed by atoms with van der Waals surface area (Å²) >= 11 is 0. The fourth-order valence-corrected chi connectivity index (χ4v) is 3.64. The molecule has 4 aromatic rings. The molecule has 0 fully saturated rings. The molecule has 2 amide bonds. The summed E-state index contributed by atoms with van der Waals surface area (Å²) in [5.41, 5.74) is 2.82. The van der Waals surface area contributed by atoms with Gasteiger partial charge in [0.15, 0.2) is 0 Å². The van der Waals surface area contributed by atoms with Gasteiger partial charge in [0, 0.05) is 17.3 Å². The molecule has 1 aliphatic heterocycles. The van der Waals surface area contributed by atoms with Gasteiger partial charge in [0.1, 0.15) is 17.0 Å². The Hall–Kier alpha value is -4.00. The second-order valence-corrected chi connectivity index (χ2v) is 6.89. The van der Waals surface area contributed by atoms with Crippen molar-refractivity contribution < 1.29 is 9.59 Å². The molecule has 1 unspecified atom stereocenters. The number of hydrogen-bond donors (Lipinski definition) is 2. The van der Waals surface area contributed by atoms with Crippen LogP contribution in [-0.4, -0.2) is 32.9 Å². The van der Waals surface area contributed by atoms with E-state index < -0.39 is 0 Å². The highest BCUT2D eigenvalue weighted by molar-refractivity contribution is 6.05. The zero-order valence-electron chi connectivity index (χ0n) is 15.4. The number of carbonyl (C=O) groups is 2. The Kier molecular flexibility index (Phi) is 3.87. The van der Waals surface area contributed by atoms with Gasteiger partial charge in [-0.15, -0.1) is 6.58 Å². The van der Waals surface area contributed by atoms with Crippen molar-refractivity contribution in [2.75, 3.05) is 11.9 Å². The summed E-state index contributed by atoms with van der Waals surface area (Å²) in [7, 11) is 0. The average molecular weight is 383 g/mol. The maximum absolute atomic E-state index is 12.8. The van der Waals surface area contributed by atoms with E-state index in [1.54, 1.807) is 30.5 Å². The van der Waals surface area contributed by atoms with Crippen LogP contribution in [0, 0.1) is 0 Å². The SMILES string of the molecule is C=CC1CNC(=O)c2cc3ccc(C(=O)Nc4cnc5ccccc5c4)nc3n21. The first-order valence-corrected chi connectivity index (χ1v) is 9.23. The minimum Gasteiger partial charge on any atom is -0.348 e. The van der Waals surface area contributed by atoms with E-state index in [0.29, 0.717) is 23.6 Å². The van der Waals surface area contributed by atoms with Gasteiger partial charge in [0.2, 0.25) is 0 Å². The number of nitrogens with one attached hydrogen (secondary N) is 2. The summed E-state index contributed by atoms with van der Waals surface area (Å²) in [4.78, 5) is 33.9. The molecule has 4 heterocycles. The normalized spacial score (nSPS) is 15.7. The average Bonchev–Trinajstić information content (AvgIpc) is 3.14. The number of para-hydroxylation sites is 1. The number of fused-ring (bicyclic) bond motifs is 4. The zero-order chi connectivity index (χ0) is 20.0. The molecule has 0 spiro atoms. The second kappa shape index (κ2) is 6.56. The van der Waals surface area contributed by atoms with E-state index in [0.717, 1.165) is 16.3 Å². The fraction of sp³-hybridized carbons (Fsp3) is 0.0909. The topological polar surface area (TPSA) is 88.9 Å². The zero-order valence-corrected chi connectivity index (χ0v) is 15.4. The van der Waals surface area contributed by atoms with Gasteiger partial charge in [-0.3, -0.25) is 14.6 Å². The van der Waals surface area contributed by atoms with E-state index in [4.69, 9.17) is 0 Å². The molecular weight excluding hydrogens is 366 g/mol. The molecule has 7 nitrogen and oxygen atoms in total. The molecule has 1 aromatic carbocycles. The predicted molar refractivity (Wildman–Crippen MR) is 111 cm³/mol. The van der Waals surface area contributed by atoms with Crippen molar-refractivity contribution >= 4 is 39.4 Å². The number of carbonyl (C=O) groups excluding carboxylic acids is 2. The second-order valence-electron chi connectivity index (χ2n) is 6.89. The van der Waals surface area contributed by atoms with Gasteiger partial charge in [-0.2, -0.15) is 0 Å². The highest BCUT2D eigenvalue weighted by atomic mass is 16.2. The Morgan fingerprint density at radius 1 is 1.21 bits per heavy atom. The largest absolute Gasteiger partial charge is 0.348 e. The van der Waals surface area contributed by atoms with Crippen molar-refractivity contribution in [1.82, 2.24) is 19.9 Å². The quantitative estimate of drug-likeness (QED) is 0.531. The van der Waals surface area contributed by atoms with Crippen molar-refractivity contribution in [3.8, 4) is 0 Å².